The molecule has 140 valence electrons. The number of fused-ring (bicyclic) bond motifs is 1. The second-order valence-corrected chi connectivity index (χ2v) is 6.39. The van der Waals surface area contributed by atoms with Crippen molar-refractivity contribution < 1.29 is 19.8 Å². The summed E-state index contributed by atoms with van der Waals surface area (Å²) in [4.78, 5) is 36.0. The van der Waals surface area contributed by atoms with Crippen LogP contribution < -0.4 is 10.9 Å². The SMILES string of the molecule is CCCCCn1nc(C(=O)NCC(C)(O)C(=O)O)c2ccccc2c1=O. The lowest BCUT2D eigenvalue weighted by atomic mass is 10.1. The Morgan fingerprint density at radius 2 is 1.88 bits per heavy atom. The molecule has 0 bridgehead atoms. The first-order valence-corrected chi connectivity index (χ1v) is 8.51. The Morgan fingerprint density at radius 1 is 1.23 bits per heavy atom. The molecule has 1 heterocycles. The van der Waals surface area contributed by atoms with E-state index in [4.69, 9.17) is 5.11 Å². The minimum Gasteiger partial charge on any atom is -0.479 e. The second-order valence-electron chi connectivity index (χ2n) is 6.39. The van der Waals surface area contributed by atoms with Gasteiger partial charge >= 0.3 is 5.97 Å². The van der Waals surface area contributed by atoms with Gasteiger partial charge in [-0.2, -0.15) is 5.10 Å². The van der Waals surface area contributed by atoms with Gasteiger partial charge < -0.3 is 15.5 Å². The molecule has 2 aromatic rings. The van der Waals surface area contributed by atoms with Gasteiger partial charge in [0.25, 0.3) is 11.5 Å². The van der Waals surface area contributed by atoms with Crippen LogP contribution in [0.15, 0.2) is 29.1 Å². The predicted octanol–water partition coefficient (Wildman–Crippen LogP) is 1.15. The molecule has 0 saturated carbocycles. The fourth-order valence-corrected chi connectivity index (χ4v) is 2.48. The first-order chi connectivity index (χ1) is 12.3. The Kier molecular flexibility index (Phi) is 6.10. The topological polar surface area (TPSA) is 122 Å². The highest BCUT2D eigenvalue weighted by Crippen LogP contribution is 2.14. The number of carbonyl (C=O) groups excluding carboxylic acids is 1. The number of nitrogens with zero attached hydrogens (tertiary/aromatic N) is 2. The third-order valence-electron chi connectivity index (χ3n) is 4.11. The number of amides is 1. The van der Waals surface area contributed by atoms with Crippen LogP contribution in [0.4, 0.5) is 0 Å². The normalized spacial score (nSPS) is 13.3. The van der Waals surface area contributed by atoms with E-state index in [0.29, 0.717) is 17.3 Å². The second kappa shape index (κ2) is 8.09. The molecule has 0 aliphatic carbocycles. The van der Waals surface area contributed by atoms with Crippen molar-refractivity contribution in [3.63, 3.8) is 0 Å². The first-order valence-electron chi connectivity index (χ1n) is 8.51. The first kappa shape index (κ1) is 19.6. The molecule has 0 aliphatic heterocycles. The Morgan fingerprint density at radius 3 is 2.50 bits per heavy atom. The molecule has 1 aromatic heterocycles. The summed E-state index contributed by atoms with van der Waals surface area (Å²) in [5.41, 5.74) is -2.34. The van der Waals surface area contributed by atoms with Gasteiger partial charge in [-0.1, -0.05) is 38.0 Å². The van der Waals surface area contributed by atoms with Gasteiger partial charge in [0, 0.05) is 11.9 Å². The fraction of sp³-hybridized carbons (Fsp3) is 0.444. The number of carboxylic acids is 1. The van der Waals surface area contributed by atoms with E-state index >= 15 is 0 Å². The lowest BCUT2D eigenvalue weighted by Gasteiger charge is -2.18. The third kappa shape index (κ3) is 4.26. The van der Waals surface area contributed by atoms with Crippen LogP contribution in [0.2, 0.25) is 0 Å². The largest absolute Gasteiger partial charge is 0.479 e. The minimum atomic E-state index is -2.10. The number of carbonyl (C=O) groups is 2. The highest BCUT2D eigenvalue weighted by atomic mass is 16.4. The number of aliphatic carboxylic acids is 1. The Labute approximate surface area is 150 Å². The summed E-state index contributed by atoms with van der Waals surface area (Å²) in [5.74, 6) is -2.09. The van der Waals surface area contributed by atoms with Gasteiger partial charge in [0.05, 0.1) is 11.9 Å². The Balaban J connectivity index is 2.38. The number of aromatic nitrogens is 2. The summed E-state index contributed by atoms with van der Waals surface area (Å²) in [7, 11) is 0. The highest BCUT2D eigenvalue weighted by Gasteiger charge is 2.31. The van der Waals surface area contributed by atoms with E-state index in [1.807, 2.05) is 6.92 Å². The average molecular weight is 361 g/mol. The molecule has 1 unspecified atom stereocenters. The standard InChI is InChI=1S/C18H23N3O5/c1-3-4-7-10-21-16(23)13-9-6-5-8-12(13)14(20-21)15(22)19-11-18(2,26)17(24)25/h5-6,8-9,26H,3-4,7,10-11H2,1-2H3,(H,19,22)(H,24,25). The van der Waals surface area contributed by atoms with Gasteiger partial charge in [0.2, 0.25) is 0 Å². The van der Waals surface area contributed by atoms with Crippen LogP contribution in [0, 0.1) is 0 Å². The van der Waals surface area contributed by atoms with Gasteiger partial charge in [-0.15, -0.1) is 0 Å². The predicted molar refractivity (Wildman–Crippen MR) is 96.1 cm³/mol. The molecule has 0 fully saturated rings. The lowest BCUT2D eigenvalue weighted by Crippen LogP contribution is -2.47. The van der Waals surface area contributed by atoms with Crippen LogP contribution in [0.5, 0.6) is 0 Å². The Bertz CT molecular complexity index is 873. The van der Waals surface area contributed by atoms with Crippen molar-refractivity contribution in [1.82, 2.24) is 15.1 Å². The summed E-state index contributed by atoms with van der Waals surface area (Å²) in [5, 5.41) is 26.0. The maximum atomic E-state index is 12.6. The van der Waals surface area contributed by atoms with E-state index in [1.165, 1.54) is 4.68 Å². The number of nitrogens with one attached hydrogen (secondary N) is 1. The van der Waals surface area contributed by atoms with Crippen molar-refractivity contribution in [3.8, 4) is 0 Å². The molecule has 26 heavy (non-hydrogen) atoms. The summed E-state index contributed by atoms with van der Waals surface area (Å²) in [6, 6.07) is 6.64. The molecular weight excluding hydrogens is 338 g/mol. The summed E-state index contributed by atoms with van der Waals surface area (Å²) in [6.45, 7) is 3.05. The smallest absolute Gasteiger partial charge is 0.337 e. The summed E-state index contributed by atoms with van der Waals surface area (Å²) < 4.78 is 1.27. The molecule has 0 aliphatic rings. The van der Waals surface area contributed by atoms with Crippen LogP contribution in [-0.2, 0) is 11.3 Å². The van der Waals surface area contributed by atoms with E-state index in [1.54, 1.807) is 24.3 Å². The van der Waals surface area contributed by atoms with Crippen LogP contribution in [0.1, 0.15) is 43.6 Å². The maximum Gasteiger partial charge on any atom is 0.337 e. The quantitative estimate of drug-likeness (QED) is 0.607. The van der Waals surface area contributed by atoms with Crippen LogP contribution in [-0.4, -0.2) is 44.0 Å². The van der Waals surface area contributed by atoms with Crippen molar-refractivity contribution in [2.75, 3.05) is 6.54 Å². The molecule has 8 nitrogen and oxygen atoms in total. The molecule has 1 amide bonds. The number of aliphatic hydroxyl groups is 1. The molecule has 8 heteroatoms. The molecule has 1 atom stereocenters. The van der Waals surface area contributed by atoms with Crippen LogP contribution in [0.25, 0.3) is 10.8 Å². The molecule has 0 saturated heterocycles. The number of aryl methyl sites for hydroxylation is 1. The average Bonchev–Trinajstić information content (AvgIpc) is 2.62. The van der Waals surface area contributed by atoms with Crippen molar-refractivity contribution >= 4 is 22.6 Å². The van der Waals surface area contributed by atoms with E-state index in [9.17, 15) is 19.5 Å². The van der Waals surface area contributed by atoms with Gasteiger partial charge in [0.15, 0.2) is 11.3 Å². The zero-order valence-corrected chi connectivity index (χ0v) is 14.9. The molecular formula is C18H23N3O5. The number of hydrogen-bond donors (Lipinski definition) is 3. The molecule has 1 aromatic carbocycles. The number of rotatable bonds is 8. The molecule has 2 rings (SSSR count). The van der Waals surface area contributed by atoms with Crippen LogP contribution in [0.3, 0.4) is 0 Å². The summed E-state index contributed by atoms with van der Waals surface area (Å²) in [6.07, 6.45) is 2.68. The maximum absolute atomic E-state index is 12.6. The van der Waals surface area contributed by atoms with Crippen LogP contribution >= 0.6 is 0 Å². The number of benzene rings is 1. The highest BCUT2D eigenvalue weighted by molar-refractivity contribution is 6.04. The van der Waals surface area contributed by atoms with Gasteiger partial charge in [-0.25, -0.2) is 9.48 Å². The monoisotopic (exact) mass is 361 g/mol. The van der Waals surface area contributed by atoms with Crippen molar-refractivity contribution in [2.24, 2.45) is 0 Å². The van der Waals surface area contributed by atoms with E-state index < -0.39 is 24.0 Å². The molecule has 3 N–H and O–H groups in total. The van der Waals surface area contributed by atoms with E-state index in [2.05, 4.69) is 10.4 Å². The number of hydrogen-bond acceptors (Lipinski definition) is 5. The molecule has 0 spiro atoms. The van der Waals surface area contributed by atoms with Gasteiger partial charge in [-0.05, 0) is 19.4 Å². The number of unbranched alkanes of at least 4 members (excludes halogenated alkanes) is 2. The zero-order chi connectivity index (χ0) is 19.3. The Hall–Kier alpha value is -2.74. The van der Waals surface area contributed by atoms with E-state index in [0.717, 1.165) is 26.2 Å². The number of carboxylic acid groups (broad SMARTS) is 1. The molecule has 0 radical (unpaired) electrons. The fourth-order valence-electron chi connectivity index (χ4n) is 2.48. The van der Waals surface area contributed by atoms with Crippen molar-refractivity contribution in [3.05, 3.63) is 40.3 Å². The van der Waals surface area contributed by atoms with Gasteiger partial charge in [0.1, 0.15) is 0 Å². The zero-order valence-electron chi connectivity index (χ0n) is 14.9. The van der Waals surface area contributed by atoms with E-state index in [-0.39, 0.29) is 11.3 Å². The summed E-state index contributed by atoms with van der Waals surface area (Å²) >= 11 is 0. The van der Waals surface area contributed by atoms with Gasteiger partial charge in [-0.3, -0.25) is 9.59 Å². The third-order valence-corrected chi connectivity index (χ3v) is 4.11. The lowest BCUT2D eigenvalue weighted by molar-refractivity contribution is -0.155. The van der Waals surface area contributed by atoms with Crippen molar-refractivity contribution in [2.45, 2.75) is 45.3 Å². The minimum absolute atomic E-state index is 0.0258. The van der Waals surface area contributed by atoms with Crippen molar-refractivity contribution in [1.29, 1.82) is 0 Å².